The molecule has 0 atom stereocenters. The van der Waals surface area contributed by atoms with Gasteiger partial charge in [-0.25, -0.2) is 0 Å². The van der Waals surface area contributed by atoms with E-state index in [9.17, 15) is 0 Å². The standard InChI is InChI=1S/C8H7BO4/c10-9(11)6-1-2-7-8(5-6)13-4-3-12-7/h1-5,10-11H. The third-order valence-corrected chi connectivity index (χ3v) is 1.71. The van der Waals surface area contributed by atoms with Gasteiger partial charge in [-0.05, 0) is 17.6 Å². The Kier molecular flexibility index (Phi) is 1.96. The van der Waals surface area contributed by atoms with E-state index in [1.165, 1.54) is 18.6 Å². The Morgan fingerprint density at radius 3 is 2.38 bits per heavy atom. The summed E-state index contributed by atoms with van der Waals surface area (Å²) in [6.07, 6.45) is 2.80. The van der Waals surface area contributed by atoms with E-state index in [4.69, 9.17) is 19.5 Å². The van der Waals surface area contributed by atoms with E-state index in [2.05, 4.69) is 0 Å². The van der Waals surface area contributed by atoms with Crippen LogP contribution in [0.3, 0.4) is 0 Å². The van der Waals surface area contributed by atoms with Crippen molar-refractivity contribution in [2.45, 2.75) is 0 Å². The molecule has 0 aromatic heterocycles. The predicted molar refractivity (Wildman–Crippen MR) is 46.7 cm³/mol. The van der Waals surface area contributed by atoms with Gasteiger partial charge < -0.3 is 19.5 Å². The number of hydrogen-bond donors (Lipinski definition) is 2. The van der Waals surface area contributed by atoms with E-state index in [0.29, 0.717) is 17.0 Å². The van der Waals surface area contributed by atoms with Crippen molar-refractivity contribution < 1.29 is 19.5 Å². The van der Waals surface area contributed by atoms with Crippen LogP contribution in [0.4, 0.5) is 0 Å². The molecule has 1 aliphatic heterocycles. The molecule has 0 aliphatic carbocycles. The highest BCUT2D eigenvalue weighted by molar-refractivity contribution is 6.58. The predicted octanol–water partition coefficient (Wildman–Crippen LogP) is -0.391. The normalized spacial score (nSPS) is 12.8. The summed E-state index contributed by atoms with van der Waals surface area (Å²) in [7, 11) is -1.49. The number of ether oxygens (including phenoxy) is 2. The molecule has 0 bridgehead atoms. The van der Waals surface area contributed by atoms with Crippen molar-refractivity contribution in [1.29, 1.82) is 0 Å². The summed E-state index contributed by atoms with van der Waals surface area (Å²) in [5.41, 5.74) is 0.373. The highest BCUT2D eigenvalue weighted by Crippen LogP contribution is 2.28. The molecule has 1 aliphatic rings. The van der Waals surface area contributed by atoms with Crippen LogP contribution in [0, 0.1) is 0 Å². The maximum Gasteiger partial charge on any atom is 0.488 e. The Balaban J connectivity index is 2.38. The monoisotopic (exact) mass is 178 g/mol. The van der Waals surface area contributed by atoms with Gasteiger partial charge in [0.15, 0.2) is 11.5 Å². The van der Waals surface area contributed by atoms with E-state index in [-0.39, 0.29) is 0 Å². The molecule has 2 N–H and O–H groups in total. The van der Waals surface area contributed by atoms with Gasteiger partial charge in [-0.15, -0.1) is 0 Å². The minimum atomic E-state index is -1.49. The molecular formula is C8H7BO4. The fourth-order valence-electron chi connectivity index (χ4n) is 1.08. The van der Waals surface area contributed by atoms with Crippen LogP contribution in [0.15, 0.2) is 30.7 Å². The van der Waals surface area contributed by atoms with Crippen molar-refractivity contribution in [1.82, 2.24) is 0 Å². The van der Waals surface area contributed by atoms with Crippen LogP contribution < -0.4 is 14.9 Å². The Hall–Kier alpha value is -1.46. The van der Waals surface area contributed by atoms with Crippen molar-refractivity contribution in [3.05, 3.63) is 30.7 Å². The van der Waals surface area contributed by atoms with Crippen LogP contribution in [-0.2, 0) is 0 Å². The van der Waals surface area contributed by atoms with Crippen molar-refractivity contribution in [2.24, 2.45) is 0 Å². The minimum absolute atomic E-state index is 0.373. The van der Waals surface area contributed by atoms with Crippen LogP contribution in [0.5, 0.6) is 11.5 Å². The Morgan fingerprint density at radius 2 is 1.69 bits per heavy atom. The Labute approximate surface area is 75.2 Å². The quantitative estimate of drug-likeness (QED) is 0.575. The molecule has 0 fully saturated rings. The molecule has 0 radical (unpaired) electrons. The summed E-state index contributed by atoms with van der Waals surface area (Å²) in [6, 6.07) is 4.70. The van der Waals surface area contributed by atoms with Gasteiger partial charge in [-0.3, -0.25) is 0 Å². The highest BCUT2D eigenvalue weighted by atomic mass is 16.5. The first kappa shape index (κ1) is 8.16. The summed E-state index contributed by atoms with van der Waals surface area (Å²) in [5.74, 6) is 1.04. The first-order chi connectivity index (χ1) is 6.27. The first-order valence-electron chi connectivity index (χ1n) is 3.76. The summed E-state index contributed by atoms with van der Waals surface area (Å²) < 4.78 is 10.2. The lowest BCUT2D eigenvalue weighted by Gasteiger charge is -2.12. The van der Waals surface area contributed by atoms with Gasteiger partial charge in [-0.1, -0.05) is 6.07 Å². The van der Waals surface area contributed by atoms with Gasteiger partial charge in [0, 0.05) is 0 Å². The summed E-state index contributed by atoms with van der Waals surface area (Å²) in [4.78, 5) is 0. The molecule has 2 rings (SSSR count). The molecule has 13 heavy (non-hydrogen) atoms. The second-order valence-corrected chi connectivity index (χ2v) is 2.59. The molecule has 0 spiro atoms. The number of benzene rings is 1. The van der Waals surface area contributed by atoms with Crippen molar-refractivity contribution in [3.8, 4) is 11.5 Å². The Bertz CT molecular complexity index is 348. The molecular weight excluding hydrogens is 171 g/mol. The minimum Gasteiger partial charge on any atom is -0.458 e. The van der Waals surface area contributed by atoms with Crippen LogP contribution >= 0.6 is 0 Å². The largest absolute Gasteiger partial charge is 0.488 e. The molecule has 1 aromatic carbocycles. The molecule has 0 saturated carbocycles. The average Bonchev–Trinajstić information content (AvgIpc) is 2.17. The summed E-state index contributed by atoms with van der Waals surface area (Å²) >= 11 is 0. The van der Waals surface area contributed by atoms with Gasteiger partial charge in [0.2, 0.25) is 0 Å². The number of rotatable bonds is 1. The van der Waals surface area contributed by atoms with Crippen LogP contribution in [-0.4, -0.2) is 17.2 Å². The third-order valence-electron chi connectivity index (χ3n) is 1.71. The van der Waals surface area contributed by atoms with Gasteiger partial charge >= 0.3 is 7.12 Å². The highest BCUT2D eigenvalue weighted by Gasteiger charge is 2.15. The molecule has 0 saturated heterocycles. The van der Waals surface area contributed by atoms with E-state index < -0.39 is 7.12 Å². The van der Waals surface area contributed by atoms with E-state index in [1.807, 2.05) is 0 Å². The van der Waals surface area contributed by atoms with Gasteiger partial charge in [0.1, 0.15) is 12.5 Å². The number of hydrogen-bond acceptors (Lipinski definition) is 4. The van der Waals surface area contributed by atoms with Crippen LogP contribution in [0.2, 0.25) is 0 Å². The molecule has 66 valence electrons. The van der Waals surface area contributed by atoms with Crippen molar-refractivity contribution in [3.63, 3.8) is 0 Å². The van der Waals surface area contributed by atoms with Crippen molar-refractivity contribution >= 4 is 12.6 Å². The fraction of sp³-hybridized carbons (Fsp3) is 0. The smallest absolute Gasteiger partial charge is 0.458 e. The molecule has 0 unspecified atom stereocenters. The molecule has 5 heteroatoms. The average molecular weight is 178 g/mol. The topological polar surface area (TPSA) is 58.9 Å². The van der Waals surface area contributed by atoms with Crippen molar-refractivity contribution in [2.75, 3.05) is 0 Å². The van der Waals surface area contributed by atoms with E-state index >= 15 is 0 Å². The maximum atomic E-state index is 8.87. The Morgan fingerprint density at radius 1 is 1.00 bits per heavy atom. The van der Waals surface area contributed by atoms with Gasteiger partial charge in [0.25, 0.3) is 0 Å². The molecule has 1 aromatic rings. The SMILES string of the molecule is OB(O)c1ccc2c(c1)OC=CO2. The van der Waals surface area contributed by atoms with Crippen LogP contribution in [0.1, 0.15) is 0 Å². The lowest BCUT2D eigenvalue weighted by atomic mass is 9.80. The molecule has 1 heterocycles. The first-order valence-corrected chi connectivity index (χ1v) is 3.76. The maximum absolute atomic E-state index is 8.87. The van der Waals surface area contributed by atoms with Crippen LogP contribution in [0.25, 0.3) is 0 Å². The van der Waals surface area contributed by atoms with Gasteiger partial charge in [-0.2, -0.15) is 0 Å². The third kappa shape index (κ3) is 1.51. The van der Waals surface area contributed by atoms with Gasteiger partial charge in [0.05, 0.1) is 0 Å². The zero-order chi connectivity index (χ0) is 9.26. The fourth-order valence-corrected chi connectivity index (χ4v) is 1.08. The lowest BCUT2D eigenvalue weighted by Crippen LogP contribution is -2.29. The second kappa shape index (κ2) is 3.12. The molecule has 0 amide bonds. The zero-order valence-corrected chi connectivity index (χ0v) is 6.68. The lowest BCUT2D eigenvalue weighted by molar-refractivity contribution is 0.361. The zero-order valence-electron chi connectivity index (χ0n) is 6.68. The second-order valence-electron chi connectivity index (χ2n) is 2.59. The summed E-state index contributed by atoms with van der Waals surface area (Å²) in [5, 5.41) is 17.7. The summed E-state index contributed by atoms with van der Waals surface area (Å²) in [6.45, 7) is 0. The van der Waals surface area contributed by atoms with E-state index in [0.717, 1.165) is 0 Å². The molecule has 4 nitrogen and oxygen atoms in total. The number of fused-ring (bicyclic) bond motifs is 1. The van der Waals surface area contributed by atoms with E-state index in [1.54, 1.807) is 12.1 Å².